The van der Waals surface area contributed by atoms with E-state index in [1.165, 1.54) is 0 Å². The maximum Gasteiger partial charge on any atom is 0.346 e. The summed E-state index contributed by atoms with van der Waals surface area (Å²) in [4.78, 5) is 22.4. The molecule has 1 aliphatic heterocycles. The van der Waals surface area contributed by atoms with E-state index in [4.69, 9.17) is 0 Å². The van der Waals surface area contributed by atoms with Gasteiger partial charge in [0.05, 0.1) is 11.1 Å². The molecule has 0 aliphatic carbocycles. The quantitative estimate of drug-likeness (QED) is 0.324. The third-order valence-electron chi connectivity index (χ3n) is 1.84. The Labute approximate surface area is 77.1 Å². The van der Waals surface area contributed by atoms with Crippen molar-refractivity contribution in [2.45, 2.75) is 27.7 Å². The van der Waals surface area contributed by atoms with Gasteiger partial charge in [0, 0.05) is 0 Å². The Morgan fingerprint density at radius 1 is 0.846 bits per heavy atom. The van der Waals surface area contributed by atoms with Crippen LogP contribution in [0.15, 0.2) is 22.3 Å². The summed E-state index contributed by atoms with van der Waals surface area (Å²) in [5.41, 5.74) is 2.47. The van der Waals surface area contributed by atoms with E-state index in [2.05, 4.69) is 4.74 Å². The molecule has 3 nitrogen and oxygen atoms in total. The summed E-state index contributed by atoms with van der Waals surface area (Å²) >= 11 is 0. The lowest BCUT2D eigenvalue weighted by Crippen LogP contribution is -1.97. The highest BCUT2D eigenvalue weighted by Gasteiger charge is 2.34. The van der Waals surface area contributed by atoms with E-state index in [0.717, 1.165) is 11.1 Å². The molecular formula is C10H12O3. The Morgan fingerprint density at radius 2 is 1.15 bits per heavy atom. The molecule has 1 heterocycles. The Balaban J connectivity index is 3.38. The molecule has 0 radical (unpaired) electrons. The minimum Gasteiger partial charge on any atom is -0.386 e. The van der Waals surface area contributed by atoms with Crippen molar-refractivity contribution in [1.82, 2.24) is 0 Å². The van der Waals surface area contributed by atoms with E-state index < -0.39 is 11.9 Å². The van der Waals surface area contributed by atoms with Crippen molar-refractivity contribution in [2.75, 3.05) is 0 Å². The molecule has 1 rings (SSSR count). The molecule has 0 saturated carbocycles. The van der Waals surface area contributed by atoms with Crippen molar-refractivity contribution in [3.05, 3.63) is 22.3 Å². The molecule has 0 bridgehead atoms. The molecule has 0 aromatic heterocycles. The van der Waals surface area contributed by atoms with Crippen molar-refractivity contribution < 1.29 is 14.3 Å². The predicted molar refractivity (Wildman–Crippen MR) is 47.8 cm³/mol. The average Bonchev–Trinajstić information content (AvgIpc) is 2.24. The summed E-state index contributed by atoms with van der Waals surface area (Å²) in [6.45, 7) is 7.16. The van der Waals surface area contributed by atoms with E-state index in [-0.39, 0.29) is 0 Å². The Morgan fingerprint density at radius 3 is 1.38 bits per heavy atom. The molecular weight excluding hydrogens is 168 g/mol. The second-order valence-electron chi connectivity index (χ2n) is 3.43. The number of carbonyl (C=O) groups is 2. The van der Waals surface area contributed by atoms with Gasteiger partial charge >= 0.3 is 11.9 Å². The van der Waals surface area contributed by atoms with Crippen LogP contribution in [0, 0.1) is 0 Å². The van der Waals surface area contributed by atoms with E-state index in [9.17, 15) is 9.59 Å². The topological polar surface area (TPSA) is 43.4 Å². The van der Waals surface area contributed by atoms with Crippen LogP contribution >= 0.6 is 0 Å². The number of esters is 2. The van der Waals surface area contributed by atoms with Gasteiger partial charge in [0.15, 0.2) is 0 Å². The van der Waals surface area contributed by atoms with Crippen LogP contribution in [0.4, 0.5) is 0 Å². The lowest BCUT2D eigenvalue weighted by molar-refractivity contribution is -0.149. The highest BCUT2D eigenvalue weighted by atomic mass is 16.6. The van der Waals surface area contributed by atoms with Gasteiger partial charge in [-0.15, -0.1) is 0 Å². The molecule has 0 unspecified atom stereocenters. The Bertz CT molecular complexity index is 303. The third-order valence-corrected chi connectivity index (χ3v) is 1.84. The van der Waals surface area contributed by atoms with Crippen LogP contribution in [0.2, 0.25) is 0 Å². The minimum atomic E-state index is -0.527. The number of carbonyl (C=O) groups excluding carboxylic acids is 2. The number of cyclic esters (lactones) is 2. The molecule has 3 heteroatoms. The van der Waals surface area contributed by atoms with Crippen LogP contribution in [-0.2, 0) is 14.3 Å². The highest BCUT2D eigenvalue weighted by Crippen LogP contribution is 2.27. The molecule has 0 aromatic rings. The summed E-state index contributed by atoms with van der Waals surface area (Å²) in [6.07, 6.45) is 0. The van der Waals surface area contributed by atoms with Crippen LogP contribution in [0.1, 0.15) is 27.7 Å². The average molecular weight is 180 g/mol. The molecule has 0 atom stereocenters. The first-order valence-corrected chi connectivity index (χ1v) is 4.07. The zero-order valence-corrected chi connectivity index (χ0v) is 8.22. The monoisotopic (exact) mass is 180 g/mol. The maximum absolute atomic E-state index is 11.2. The normalized spacial score (nSPS) is 16.3. The van der Waals surface area contributed by atoms with Crippen molar-refractivity contribution >= 4 is 11.9 Å². The fraction of sp³-hybridized carbons (Fsp3) is 0.400. The second kappa shape index (κ2) is 3.17. The van der Waals surface area contributed by atoms with Gasteiger partial charge in [0.25, 0.3) is 0 Å². The van der Waals surface area contributed by atoms with Gasteiger partial charge < -0.3 is 4.74 Å². The van der Waals surface area contributed by atoms with Crippen LogP contribution in [0.25, 0.3) is 0 Å². The van der Waals surface area contributed by atoms with E-state index in [1.807, 2.05) is 0 Å². The predicted octanol–water partition coefficient (Wildman–Crippen LogP) is 1.74. The minimum absolute atomic E-state index is 0.421. The molecule has 1 aliphatic rings. The maximum atomic E-state index is 11.2. The van der Waals surface area contributed by atoms with Gasteiger partial charge in [-0.25, -0.2) is 9.59 Å². The zero-order chi connectivity index (χ0) is 10.2. The van der Waals surface area contributed by atoms with Gasteiger partial charge in [-0.05, 0) is 27.7 Å². The summed E-state index contributed by atoms with van der Waals surface area (Å²) in [5, 5.41) is 0. The fourth-order valence-corrected chi connectivity index (χ4v) is 1.30. The third kappa shape index (κ3) is 1.54. The van der Waals surface area contributed by atoms with Crippen LogP contribution in [0.3, 0.4) is 0 Å². The lowest BCUT2D eigenvalue weighted by Gasteiger charge is -1.98. The molecule has 0 aromatic carbocycles. The first-order chi connectivity index (χ1) is 5.95. The summed E-state index contributed by atoms with van der Waals surface area (Å²) in [7, 11) is 0. The number of allylic oxidation sites excluding steroid dienone is 2. The van der Waals surface area contributed by atoms with Crippen molar-refractivity contribution in [1.29, 1.82) is 0 Å². The molecule has 70 valence electrons. The summed E-state index contributed by atoms with van der Waals surface area (Å²) in [6, 6.07) is 0. The van der Waals surface area contributed by atoms with Crippen LogP contribution < -0.4 is 0 Å². The van der Waals surface area contributed by atoms with Gasteiger partial charge in [-0.3, -0.25) is 0 Å². The SMILES string of the molecule is CC(C)=C1C(=O)OC(=O)C1=C(C)C. The summed E-state index contributed by atoms with van der Waals surface area (Å²) < 4.78 is 4.52. The van der Waals surface area contributed by atoms with E-state index in [0.29, 0.717) is 11.1 Å². The lowest BCUT2D eigenvalue weighted by atomic mass is 10.0. The van der Waals surface area contributed by atoms with E-state index >= 15 is 0 Å². The largest absolute Gasteiger partial charge is 0.386 e. The van der Waals surface area contributed by atoms with Crippen LogP contribution in [0.5, 0.6) is 0 Å². The standard InChI is InChI=1S/C10H12O3/c1-5(2)7-8(6(3)4)10(12)13-9(7)11/h1-4H3. The molecule has 0 N–H and O–H groups in total. The molecule has 0 amide bonds. The molecule has 13 heavy (non-hydrogen) atoms. The first-order valence-electron chi connectivity index (χ1n) is 4.07. The molecule has 0 spiro atoms. The second-order valence-corrected chi connectivity index (χ2v) is 3.43. The number of ether oxygens (including phenoxy) is 1. The first kappa shape index (κ1) is 9.71. The molecule has 1 saturated heterocycles. The van der Waals surface area contributed by atoms with Gasteiger partial charge in [0.1, 0.15) is 0 Å². The van der Waals surface area contributed by atoms with Crippen molar-refractivity contribution in [3.63, 3.8) is 0 Å². The van der Waals surface area contributed by atoms with Gasteiger partial charge in [0.2, 0.25) is 0 Å². The fourth-order valence-electron chi connectivity index (χ4n) is 1.30. The molecule has 1 fully saturated rings. The van der Waals surface area contributed by atoms with Crippen LogP contribution in [-0.4, -0.2) is 11.9 Å². The number of rotatable bonds is 0. The highest BCUT2D eigenvalue weighted by molar-refractivity contribution is 6.18. The Hall–Kier alpha value is -1.38. The van der Waals surface area contributed by atoms with Gasteiger partial charge in [-0.1, -0.05) is 11.1 Å². The number of hydrogen-bond acceptors (Lipinski definition) is 3. The summed E-state index contributed by atoms with van der Waals surface area (Å²) in [5.74, 6) is -1.05. The smallest absolute Gasteiger partial charge is 0.346 e. The Kier molecular flexibility index (Phi) is 2.36. The van der Waals surface area contributed by atoms with Crippen molar-refractivity contribution in [2.24, 2.45) is 0 Å². The van der Waals surface area contributed by atoms with E-state index in [1.54, 1.807) is 27.7 Å². The zero-order valence-electron chi connectivity index (χ0n) is 8.22. The number of hydrogen-bond donors (Lipinski definition) is 0. The van der Waals surface area contributed by atoms with Crippen molar-refractivity contribution in [3.8, 4) is 0 Å². The van der Waals surface area contributed by atoms with Gasteiger partial charge in [-0.2, -0.15) is 0 Å².